The smallest absolute Gasteiger partial charge is 0.303 e. The Labute approximate surface area is 104 Å². The van der Waals surface area contributed by atoms with E-state index in [2.05, 4.69) is 0 Å². The van der Waals surface area contributed by atoms with Gasteiger partial charge in [-0.2, -0.15) is 0 Å². The Kier molecular flexibility index (Phi) is 3.38. The highest BCUT2D eigenvalue weighted by Crippen LogP contribution is 2.35. The van der Waals surface area contributed by atoms with Gasteiger partial charge in [-0.05, 0) is 24.1 Å². The molecule has 4 nitrogen and oxygen atoms in total. The van der Waals surface area contributed by atoms with Crippen LogP contribution >= 0.6 is 11.8 Å². The topological polar surface area (TPSA) is 57.6 Å². The van der Waals surface area contributed by atoms with Gasteiger partial charge in [0.05, 0.1) is 11.4 Å². The molecule has 0 saturated heterocycles. The summed E-state index contributed by atoms with van der Waals surface area (Å²) >= 11 is 1.51. The summed E-state index contributed by atoms with van der Waals surface area (Å²) in [4.78, 5) is 24.7. The first-order valence-electron chi connectivity index (χ1n) is 5.32. The van der Waals surface area contributed by atoms with Crippen LogP contribution in [0.2, 0.25) is 0 Å². The van der Waals surface area contributed by atoms with Crippen LogP contribution in [-0.4, -0.2) is 29.8 Å². The van der Waals surface area contributed by atoms with E-state index in [0.717, 1.165) is 16.1 Å². The molecule has 0 aliphatic carbocycles. The summed E-state index contributed by atoms with van der Waals surface area (Å²) in [6, 6.07) is 5.75. The second-order valence-electron chi connectivity index (χ2n) is 3.94. The van der Waals surface area contributed by atoms with Crippen LogP contribution in [0.1, 0.15) is 12.0 Å². The number of aryl methyl sites for hydroxylation is 1. The molecule has 1 amide bonds. The predicted molar refractivity (Wildman–Crippen MR) is 66.5 cm³/mol. The highest BCUT2D eigenvalue weighted by Gasteiger charge is 2.21. The summed E-state index contributed by atoms with van der Waals surface area (Å²) in [7, 11) is 1.76. The molecule has 0 aromatic heterocycles. The predicted octanol–water partition coefficient (Wildman–Crippen LogP) is 1.77. The van der Waals surface area contributed by atoms with Crippen LogP contribution in [0.25, 0.3) is 0 Å². The maximum absolute atomic E-state index is 11.5. The Balaban J connectivity index is 2.20. The fraction of sp³-hybridized carbons (Fsp3) is 0.333. The lowest BCUT2D eigenvalue weighted by Crippen LogP contribution is -2.31. The number of hydrogen-bond acceptors (Lipinski definition) is 3. The van der Waals surface area contributed by atoms with Crippen molar-refractivity contribution in [3.63, 3.8) is 0 Å². The van der Waals surface area contributed by atoms with Crippen LogP contribution in [-0.2, 0) is 16.0 Å². The molecule has 1 aliphatic heterocycles. The van der Waals surface area contributed by atoms with E-state index in [-0.39, 0.29) is 12.3 Å². The van der Waals surface area contributed by atoms with E-state index >= 15 is 0 Å². The minimum Gasteiger partial charge on any atom is -0.481 e. The average molecular weight is 251 g/mol. The summed E-state index contributed by atoms with van der Waals surface area (Å²) in [5, 5.41) is 8.63. The van der Waals surface area contributed by atoms with Gasteiger partial charge in [0.15, 0.2) is 0 Å². The minimum absolute atomic E-state index is 0.0979. The zero-order valence-corrected chi connectivity index (χ0v) is 10.3. The molecular formula is C12H13NO3S. The van der Waals surface area contributed by atoms with Gasteiger partial charge in [0.2, 0.25) is 5.91 Å². The Morgan fingerprint density at radius 1 is 1.53 bits per heavy atom. The molecule has 0 spiro atoms. The van der Waals surface area contributed by atoms with E-state index in [1.165, 1.54) is 11.8 Å². The highest BCUT2D eigenvalue weighted by atomic mass is 32.2. The monoisotopic (exact) mass is 251 g/mol. The van der Waals surface area contributed by atoms with Crippen LogP contribution in [0.5, 0.6) is 0 Å². The molecule has 0 unspecified atom stereocenters. The van der Waals surface area contributed by atoms with Gasteiger partial charge in [0.25, 0.3) is 0 Å². The van der Waals surface area contributed by atoms with E-state index in [1.807, 2.05) is 18.2 Å². The summed E-state index contributed by atoms with van der Waals surface area (Å²) in [5.74, 6) is -0.241. The van der Waals surface area contributed by atoms with E-state index in [9.17, 15) is 9.59 Å². The van der Waals surface area contributed by atoms with Crippen molar-refractivity contribution >= 4 is 29.3 Å². The molecule has 0 bridgehead atoms. The van der Waals surface area contributed by atoms with Crippen LogP contribution in [0, 0.1) is 0 Å². The van der Waals surface area contributed by atoms with E-state index in [1.54, 1.807) is 11.9 Å². The van der Waals surface area contributed by atoms with Crippen LogP contribution in [0.3, 0.4) is 0 Å². The molecule has 5 heteroatoms. The molecule has 0 saturated carbocycles. The molecule has 1 heterocycles. The molecular weight excluding hydrogens is 238 g/mol. The summed E-state index contributed by atoms with van der Waals surface area (Å²) in [5.41, 5.74) is 1.91. The standard InChI is InChI=1S/C12H13NO3S/c1-13-9-4-2-8(3-5-12(15)16)6-10(9)17-7-11(13)14/h2,4,6H,3,5,7H2,1H3,(H,15,16). The SMILES string of the molecule is CN1C(=O)CSc2cc(CCC(=O)O)ccc21. The number of aliphatic carboxylic acids is 1. The summed E-state index contributed by atoms with van der Waals surface area (Å²) in [6.45, 7) is 0. The van der Waals surface area contributed by atoms with Crippen molar-refractivity contribution in [1.82, 2.24) is 0 Å². The number of carboxylic acid groups (broad SMARTS) is 1. The normalized spacial score (nSPS) is 14.6. The number of anilines is 1. The molecule has 1 N–H and O–H groups in total. The van der Waals surface area contributed by atoms with Crippen molar-refractivity contribution in [2.45, 2.75) is 17.7 Å². The van der Waals surface area contributed by atoms with E-state index in [0.29, 0.717) is 12.2 Å². The van der Waals surface area contributed by atoms with E-state index in [4.69, 9.17) is 5.11 Å². The molecule has 17 heavy (non-hydrogen) atoms. The Bertz CT molecular complexity index is 473. The number of fused-ring (bicyclic) bond motifs is 1. The number of carboxylic acids is 1. The quantitative estimate of drug-likeness (QED) is 0.889. The van der Waals surface area contributed by atoms with Crippen molar-refractivity contribution in [1.29, 1.82) is 0 Å². The molecule has 0 atom stereocenters. The molecule has 0 fully saturated rings. The van der Waals surface area contributed by atoms with Gasteiger partial charge < -0.3 is 10.0 Å². The number of rotatable bonds is 3. The van der Waals surface area contributed by atoms with Crippen molar-refractivity contribution in [3.8, 4) is 0 Å². The fourth-order valence-electron chi connectivity index (χ4n) is 1.73. The zero-order chi connectivity index (χ0) is 12.4. The van der Waals surface area contributed by atoms with Gasteiger partial charge >= 0.3 is 5.97 Å². The second kappa shape index (κ2) is 4.79. The Hall–Kier alpha value is -1.49. The van der Waals surface area contributed by atoms with E-state index < -0.39 is 5.97 Å². The fourth-order valence-corrected chi connectivity index (χ4v) is 2.79. The van der Waals surface area contributed by atoms with Crippen LogP contribution in [0.15, 0.2) is 23.1 Å². The molecule has 1 aromatic carbocycles. The first-order chi connectivity index (χ1) is 8.08. The molecule has 1 aromatic rings. The summed E-state index contributed by atoms with van der Waals surface area (Å²) < 4.78 is 0. The van der Waals surface area contributed by atoms with Gasteiger partial charge in [-0.3, -0.25) is 9.59 Å². The Morgan fingerprint density at radius 3 is 3.00 bits per heavy atom. The third-order valence-corrected chi connectivity index (χ3v) is 3.77. The first kappa shape index (κ1) is 12.0. The maximum atomic E-state index is 11.5. The van der Waals surface area contributed by atoms with Gasteiger partial charge in [0.1, 0.15) is 0 Å². The van der Waals surface area contributed by atoms with Gasteiger partial charge in [-0.1, -0.05) is 6.07 Å². The summed E-state index contributed by atoms with van der Waals surface area (Å²) in [6.07, 6.45) is 0.666. The first-order valence-corrected chi connectivity index (χ1v) is 6.30. The lowest BCUT2D eigenvalue weighted by Gasteiger charge is -2.25. The molecule has 2 rings (SSSR count). The number of thioether (sulfide) groups is 1. The number of benzene rings is 1. The van der Waals surface area contributed by atoms with Gasteiger partial charge in [-0.25, -0.2) is 0 Å². The van der Waals surface area contributed by atoms with Crippen molar-refractivity contribution < 1.29 is 14.7 Å². The zero-order valence-electron chi connectivity index (χ0n) is 9.47. The van der Waals surface area contributed by atoms with Gasteiger partial charge in [-0.15, -0.1) is 11.8 Å². The third-order valence-electron chi connectivity index (χ3n) is 2.74. The number of amides is 1. The molecule has 90 valence electrons. The van der Waals surface area contributed by atoms with Crippen LogP contribution in [0.4, 0.5) is 5.69 Å². The minimum atomic E-state index is -0.789. The van der Waals surface area contributed by atoms with Gasteiger partial charge in [0, 0.05) is 18.4 Å². The van der Waals surface area contributed by atoms with Crippen molar-refractivity contribution in [2.75, 3.05) is 17.7 Å². The lowest BCUT2D eigenvalue weighted by molar-refractivity contribution is -0.137. The number of nitrogens with zero attached hydrogens (tertiary/aromatic N) is 1. The third kappa shape index (κ3) is 2.61. The highest BCUT2D eigenvalue weighted by molar-refractivity contribution is 8.00. The lowest BCUT2D eigenvalue weighted by atomic mass is 10.1. The number of hydrogen-bond donors (Lipinski definition) is 1. The largest absolute Gasteiger partial charge is 0.481 e. The second-order valence-corrected chi connectivity index (χ2v) is 4.95. The molecule has 0 radical (unpaired) electrons. The maximum Gasteiger partial charge on any atom is 0.303 e. The van der Waals surface area contributed by atoms with Crippen LogP contribution < -0.4 is 4.90 Å². The number of carbonyl (C=O) groups is 2. The number of carbonyl (C=O) groups excluding carboxylic acids is 1. The van der Waals surface area contributed by atoms with Crippen molar-refractivity contribution in [3.05, 3.63) is 23.8 Å². The Morgan fingerprint density at radius 2 is 2.29 bits per heavy atom. The average Bonchev–Trinajstić information content (AvgIpc) is 2.31. The van der Waals surface area contributed by atoms with Crippen molar-refractivity contribution in [2.24, 2.45) is 0 Å². The molecule has 1 aliphatic rings.